The third-order valence-corrected chi connectivity index (χ3v) is 8.65. The lowest BCUT2D eigenvalue weighted by molar-refractivity contribution is -0.145. The average molecular weight is 583 g/mol. The Bertz CT molecular complexity index is 798. The van der Waals surface area contributed by atoms with E-state index in [1.54, 1.807) is 30.3 Å². The molecule has 4 heteroatoms. The Morgan fingerprint density at radius 3 is 1.02 bits per heavy atom. The first-order valence-corrected chi connectivity index (χ1v) is 17.7. The number of unbranched alkanes of at least 4 members (excludes halogenated alkanes) is 18. The molecule has 1 aromatic carbocycles. The summed E-state index contributed by atoms with van der Waals surface area (Å²) < 4.78 is 0. The summed E-state index contributed by atoms with van der Waals surface area (Å²) in [7, 11) is 0. The molecule has 0 heterocycles. The summed E-state index contributed by atoms with van der Waals surface area (Å²) in [6, 6.07) is 8.56. The number of benzene rings is 1. The first-order valence-electron chi connectivity index (χ1n) is 17.7. The highest BCUT2D eigenvalue weighted by molar-refractivity contribution is 6.41. The van der Waals surface area contributed by atoms with Crippen LogP contribution in [0, 0.1) is 5.41 Å². The normalized spacial score (nSPS) is 11.5. The largest absolute Gasteiger partial charge is 0.298 e. The molecule has 0 spiro atoms. The Balaban J connectivity index is 3.11. The van der Waals surface area contributed by atoms with Gasteiger partial charge in [0.2, 0.25) is 5.41 Å². The van der Waals surface area contributed by atoms with Crippen molar-refractivity contribution in [2.45, 2.75) is 175 Å². The van der Waals surface area contributed by atoms with Crippen LogP contribution in [-0.4, -0.2) is 23.1 Å². The van der Waals surface area contributed by atoms with Gasteiger partial charge in [0.15, 0.2) is 23.1 Å². The first kappa shape index (κ1) is 37.9. The van der Waals surface area contributed by atoms with Crippen molar-refractivity contribution >= 4 is 23.1 Å². The van der Waals surface area contributed by atoms with Gasteiger partial charge in [-0.2, -0.15) is 0 Å². The van der Waals surface area contributed by atoms with Gasteiger partial charge in [0.1, 0.15) is 0 Å². The lowest BCUT2D eigenvalue weighted by Gasteiger charge is -2.29. The van der Waals surface area contributed by atoms with Crippen LogP contribution >= 0.6 is 0 Å². The number of carbonyl (C=O) groups excluding carboxylic acids is 4. The van der Waals surface area contributed by atoms with E-state index in [1.165, 1.54) is 57.8 Å². The van der Waals surface area contributed by atoms with Crippen LogP contribution < -0.4 is 0 Å². The van der Waals surface area contributed by atoms with Crippen molar-refractivity contribution in [1.82, 2.24) is 0 Å². The Kier molecular flexibility index (Phi) is 22.0. The number of hydrogen-bond donors (Lipinski definition) is 0. The minimum atomic E-state index is -2.19. The molecule has 1 rings (SSSR count). The zero-order valence-electron chi connectivity index (χ0n) is 27.5. The molecule has 0 aromatic heterocycles. The van der Waals surface area contributed by atoms with Gasteiger partial charge < -0.3 is 0 Å². The standard InChI is InChI=1S/C38H62O4/c1-4-7-10-13-16-19-25-30-34(39)38(37(42)33-28-23-22-24-29-33,35(40)31-26-20-17-14-11-8-5-2)36(41)32-27-21-18-15-12-9-6-3/h22-24,28-29H,4-21,25-27,30-32H2,1-3H3. The van der Waals surface area contributed by atoms with Crippen molar-refractivity contribution in [1.29, 1.82) is 0 Å². The van der Waals surface area contributed by atoms with E-state index >= 15 is 0 Å². The van der Waals surface area contributed by atoms with E-state index in [-0.39, 0.29) is 24.8 Å². The molecule has 0 saturated heterocycles. The van der Waals surface area contributed by atoms with Crippen LogP contribution in [0.1, 0.15) is 185 Å². The van der Waals surface area contributed by atoms with Crippen molar-refractivity contribution in [3.8, 4) is 0 Å². The molecule has 0 saturated carbocycles. The maximum Gasteiger partial charge on any atom is 0.207 e. The molecule has 0 N–H and O–H groups in total. The van der Waals surface area contributed by atoms with E-state index in [0.29, 0.717) is 19.3 Å². The van der Waals surface area contributed by atoms with E-state index < -0.39 is 28.5 Å². The second-order valence-electron chi connectivity index (χ2n) is 12.3. The summed E-state index contributed by atoms with van der Waals surface area (Å²) in [4.78, 5) is 56.3. The monoisotopic (exact) mass is 582 g/mol. The van der Waals surface area contributed by atoms with Crippen LogP contribution in [0.4, 0.5) is 0 Å². The number of hydrogen-bond acceptors (Lipinski definition) is 4. The van der Waals surface area contributed by atoms with Gasteiger partial charge in [-0.05, 0) is 19.3 Å². The number of ketones is 4. The molecule has 0 fully saturated rings. The van der Waals surface area contributed by atoms with Crippen LogP contribution in [0.25, 0.3) is 0 Å². The third-order valence-electron chi connectivity index (χ3n) is 8.65. The Hall–Kier alpha value is -2.10. The maximum atomic E-state index is 14.1. The molecule has 0 atom stereocenters. The lowest BCUT2D eigenvalue weighted by Crippen LogP contribution is -2.52. The molecule has 42 heavy (non-hydrogen) atoms. The molecule has 4 nitrogen and oxygen atoms in total. The van der Waals surface area contributed by atoms with Gasteiger partial charge >= 0.3 is 0 Å². The first-order chi connectivity index (χ1) is 20.5. The summed E-state index contributed by atoms with van der Waals surface area (Å²) in [5, 5.41) is 0. The van der Waals surface area contributed by atoms with E-state index in [0.717, 1.165) is 57.8 Å². The quantitative estimate of drug-likeness (QED) is 0.0535. The average Bonchev–Trinajstić information content (AvgIpc) is 3.00. The highest BCUT2D eigenvalue weighted by Gasteiger charge is 2.56. The fourth-order valence-corrected chi connectivity index (χ4v) is 5.94. The predicted molar refractivity (Wildman–Crippen MR) is 176 cm³/mol. The zero-order chi connectivity index (χ0) is 30.9. The van der Waals surface area contributed by atoms with Gasteiger partial charge in [0.05, 0.1) is 0 Å². The SMILES string of the molecule is CCCCCCCCCC(=O)C(C(=O)CCCCCCCCC)(C(=O)CCCCCCCCC)C(=O)c1ccccc1. The smallest absolute Gasteiger partial charge is 0.207 e. The number of Topliss-reactive ketones (excluding diaryl/α,β-unsaturated/α-hetero) is 4. The molecule has 238 valence electrons. The zero-order valence-corrected chi connectivity index (χ0v) is 27.5. The second kappa shape index (κ2) is 24.4. The molecule has 0 bridgehead atoms. The molecular formula is C38H62O4. The van der Waals surface area contributed by atoms with Crippen LogP contribution in [-0.2, 0) is 14.4 Å². The number of rotatable bonds is 29. The maximum absolute atomic E-state index is 14.1. The highest BCUT2D eigenvalue weighted by Crippen LogP contribution is 2.34. The van der Waals surface area contributed by atoms with Gasteiger partial charge in [0, 0.05) is 24.8 Å². The van der Waals surface area contributed by atoms with E-state index in [1.807, 2.05) is 0 Å². The van der Waals surface area contributed by atoms with Gasteiger partial charge in [-0.1, -0.05) is 167 Å². The molecule has 0 unspecified atom stereocenters. The Morgan fingerprint density at radius 1 is 0.429 bits per heavy atom. The van der Waals surface area contributed by atoms with Crippen LogP contribution in [0.3, 0.4) is 0 Å². The molecular weight excluding hydrogens is 520 g/mol. The minimum absolute atomic E-state index is 0.109. The molecule has 0 radical (unpaired) electrons. The summed E-state index contributed by atoms with van der Waals surface area (Å²) >= 11 is 0. The van der Waals surface area contributed by atoms with Gasteiger partial charge in [0.25, 0.3) is 0 Å². The molecule has 0 aliphatic rings. The van der Waals surface area contributed by atoms with Crippen LogP contribution in [0.5, 0.6) is 0 Å². The number of carbonyl (C=O) groups is 4. The van der Waals surface area contributed by atoms with Crippen molar-refractivity contribution < 1.29 is 19.2 Å². The van der Waals surface area contributed by atoms with Gasteiger partial charge in [-0.15, -0.1) is 0 Å². The highest BCUT2D eigenvalue weighted by atomic mass is 16.2. The van der Waals surface area contributed by atoms with Crippen molar-refractivity contribution in [2.75, 3.05) is 0 Å². The summed E-state index contributed by atoms with van der Waals surface area (Å²) in [5.74, 6) is -2.00. The van der Waals surface area contributed by atoms with E-state index in [9.17, 15) is 19.2 Å². The Labute approximate surface area is 258 Å². The molecule has 1 aromatic rings. The Morgan fingerprint density at radius 2 is 0.714 bits per heavy atom. The summed E-state index contributed by atoms with van der Waals surface area (Å²) in [6.07, 6.45) is 22.1. The van der Waals surface area contributed by atoms with Crippen molar-refractivity contribution in [2.24, 2.45) is 5.41 Å². The van der Waals surface area contributed by atoms with Crippen LogP contribution in [0.15, 0.2) is 30.3 Å². The minimum Gasteiger partial charge on any atom is -0.298 e. The second-order valence-corrected chi connectivity index (χ2v) is 12.3. The molecule has 0 amide bonds. The topological polar surface area (TPSA) is 68.3 Å². The van der Waals surface area contributed by atoms with Crippen molar-refractivity contribution in [3.63, 3.8) is 0 Å². The molecule has 0 aliphatic carbocycles. The van der Waals surface area contributed by atoms with Crippen LogP contribution in [0.2, 0.25) is 0 Å². The molecule has 0 aliphatic heterocycles. The lowest BCUT2D eigenvalue weighted by atomic mass is 9.66. The fourth-order valence-electron chi connectivity index (χ4n) is 5.94. The summed E-state index contributed by atoms with van der Waals surface area (Å²) in [5.41, 5.74) is -1.90. The third kappa shape index (κ3) is 13.9. The van der Waals surface area contributed by atoms with E-state index in [4.69, 9.17) is 0 Å². The van der Waals surface area contributed by atoms with Gasteiger partial charge in [-0.3, -0.25) is 19.2 Å². The van der Waals surface area contributed by atoms with E-state index in [2.05, 4.69) is 20.8 Å². The fraction of sp³-hybridized carbons (Fsp3) is 0.737. The van der Waals surface area contributed by atoms with Crippen molar-refractivity contribution in [3.05, 3.63) is 35.9 Å². The van der Waals surface area contributed by atoms with Gasteiger partial charge in [-0.25, -0.2) is 0 Å². The summed E-state index contributed by atoms with van der Waals surface area (Å²) in [6.45, 7) is 6.57. The predicted octanol–water partition coefficient (Wildman–Crippen LogP) is 11.0.